The first-order valence-electron chi connectivity index (χ1n) is 5.09. The second-order valence-corrected chi connectivity index (χ2v) is 3.60. The normalized spacial score (nSPS) is 15.9. The van der Waals surface area contributed by atoms with Gasteiger partial charge in [-0.1, -0.05) is 6.92 Å². The van der Waals surface area contributed by atoms with Crippen LogP contribution in [0.3, 0.4) is 0 Å². The van der Waals surface area contributed by atoms with Gasteiger partial charge in [-0.25, -0.2) is 9.97 Å². The van der Waals surface area contributed by atoms with E-state index in [9.17, 15) is 0 Å². The first-order valence-corrected chi connectivity index (χ1v) is 5.09. The molecule has 0 unspecified atom stereocenters. The molecule has 1 aromatic heterocycles. The summed E-state index contributed by atoms with van der Waals surface area (Å²) < 4.78 is 0. The Kier molecular flexibility index (Phi) is 2.74. The zero-order valence-electron chi connectivity index (χ0n) is 8.53. The van der Waals surface area contributed by atoms with Gasteiger partial charge >= 0.3 is 0 Å². The first kappa shape index (κ1) is 9.55. The summed E-state index contributed by atoms with van der Waals surface area (Å²) in [5, 5.41) is 0. The van der Waals surface area contributed by atoms with E-state index in [-0.39, 0.29) is 0 Å². The molecule has 0 atom stereocenters. The van der Waals surface area contributed by atoms with E-state index in [1.807, 2.05) is 6.20 Å². The summed E-state index contributed by atoms with van der Waals surface area (Å²) >= 11 is 0. The summed E-state index contributed by atoms with van der Waals surface area (Å²) in [5.41, 5.74) is 7.93. The molecular formula is C10H16N4. The van der Waals surface area contributed by atoms with Gasteiger partial charge in [0.1, 0.15) is 5.82 Å². The molecule has 0 aliphatic carbocycles. The van der Waals surface area contributed by atoms with Crippen LogP contribution in [-0.2, 0) is 19.5 Å². The van der Waals surface area contributed by atoms with Gasteiger partial charge in [0.15, 0.2) is 0 Å². The molecule has 0 spiro atoms. The summed E-state index contributed by atoms with van der Waals surface area (Å²) in [5.74, 6) is 0.879. The number of hydrogen-bond acceptors (Lipinski definition) is 4. The molecule has 14 heavy (non-hydrogen) atoms. The summed E-state index contributed by atoms with van der Waals surface area (Å²) in [6, 6.07) is 0. The number of rotatable bonds is 3. The lowest BCUT2D eigenvalue weighted by molar-refractivity contribution is 0.299. The topological polar surface area (TPSA) is 55.0 Å². The Balaban J connectivity index is 2.17. The standard InChI is InChI=1S/C10H16N4/c1-2-14-6-8-5-12-10(3-4-11)13-9(8)7-14/h5H,2-4,6-7,11H2,1H3. The number of nitrogens with two attached hydrogens (primary N) is 1. The smallest absolute Gasteiger partial charge is 0.129 e. The van der Waals surface area contributed by atoms with Crippen molar-refractivity contribution in [2.75, 3.05) is 13.1 Å². The average molecular weight is 192 g/mol. The fourth-order valence-corrected chi connectivity index (χ4v) is 1.73. The summed E-state index contributed by atoms with van der Waals surface area (Å²) in [4.78, 5) is 11.2. The summed E-state index contributed by atoms with van der Waals surface area (Å²) in [7, 11) is 0. The van der Waals surface area contributed by atoms with E-state index in [1.165, 1.54) is 11.3 Å². The van der Waals surface area contributed by atoms with E-state index < -0.39 is 0 Å². The lowest BCUT2D eigenvalue weighted by atomic mass is 10.2. The fourth-order valence-electron chi connectivity index (χ4n) is 1.73. The van der Waals surface area contributed by atoms with Gasteiger partial charge in [0.25, 0.3) is 0 Å². The van der Waals surface area contributed by atoms with E-state index in [0.717, 1.165) is 31.9 Å². The lowest BCUT2D eigenvalue weighted by Gasteiger charge is -2.08. The molecule has 2 rings (SSSR count). The van der Waals surface area contributed by atoms with Crippen LogP contribution in [0.5, 0.6) is 0 Å². The molecule has 1 aliphatic rings. The van der Waals surface area contributed by atoms with Crippen LogP contribution >= 0.6 is 0 Å². The zero-order valence-corrected chi connectivity index (χ0v) is 8.53. The Morgan fingerprint density at radius 2 is 2.36 bits per heavy atom. The number of nitrogens with zero attached hydrogens (tertiary/aromatic N) is 3. The van der Waals surface area contributed by atoms with Crippen molar-refractivity contribution in [2.24, 2.45) is 5.73 Å². The molecule has 0 bridgehead atoms. The largest absolute Gasteiger partial charge is 0.330 e. The molecule has 0 saturated carbocycles. The number of aromatic nitrogens is 2. The third kappa shape index (κ3) is 1.76. The molecule has 1 aromatic rings. The molecule has 76 valence electrons. The highest BCUT2D eigenvalue weighted by molar-refractivity contribution is 5.21. The van der Waals surface area contributed by atoms with E-state index in [4.69, 9.17) is 5.73 Å². The van der Waals surface area contributed by atoms with Crippen molar-refractivity contribution in [3.05, 3.63) is 23.3 Å². The summed E-state index contributed by atoms with van der Waals surface area (Å²) in [6.45, 7) is 5.82. The molecule has 0 aromatic carbocycles. The monoisotopic (exact) mass is 192 g/mol. The van der Waals surface area contributed by atoms with Crippen molar-refractivity contribution >= 4 is 0 Å². The van der Waals surface area contributed by atoms with E-state index in [1.54, 1.807) is 0 Å². The molecule has 0 fully saturated rings. The Morgan fingerprint density at radius 1 is 1.50 bits per heavy atom. The third-order valence-electron chi connectivity index (χ3n) is 2.59. The van der Waals surface area contributed by atoms with Gasteiger partial charge in [0, 0.05) is 31.3 Å². The maximum Gasteiger partial charge on any atom is 0.129 e. The molecule has 2 heterocycles. The van der Waals surface area contributed by atoms with E-state index in [0.29, 0.717) is 6.54 Å². The van der Waals surface area contributed by atoms with Gasteiger partial charge in [0.2, 0.25) is 0 Å². The lowest BCUT2D eigenvalue weighted by Crippen LogP contribution is -2.14. The second-order valence-electron chi connectivity index (χ2n) is 3.60. The zero-order chi connectivity index (χ0) is 9.97. The minimum absolute atomic E-state index is 0.621. The van der Waals surface area contributed by atoms with Gasteiger partial charge in [0.05, 0.1) is 5.69 Å². The highest BCUT2D eigenvalue weighted by Gasteiger charge is 2.19. The molecular weight excluding hydrogens is 176 g/mol. The van der Waals surface area contributed by atoms with Crippen molar-refractivity contribution in [1.29, 1.82) is 0 Å². The SMILES string of the molecule is CCN1Cc2cnc(CCN)nc2C1. The van der Waals surface area contributed by atoms with Gasteiger partial charge in [-0.15, -0.1) is 0 Å². The van der Waals surface area contributed by atoms with Crippen LogP contribution in [-0.4, -0.2) is 28.0 Å². The Labute approximate surface area is 84.2 Å². The van der Waals surface area contributed by atoms with E-state index in [2.05, 4.69) is 21.8 Å². The second kappa shape index (κ2) is 4.02. The van der Waals surface area contributed by atoms with Gasteiger partial charge in [-0.2, -0.15) is 0 Å². The molecule has 0 radical (unpaired) electrons. The van der Waals surface area contributed by atoms with Gasteiger partial charge < -0.3 is 5.73 Å². The Morgan fingerprint density at radius 3 is 3.07 bits per heavy atom. The quantitative estimate of drug-likeness (QED) is 0.749. The van der Waals surface area contributed by atoms with Crippen LogP contribution in [0.15, 0.2) is 6.20 Å². The maximum atomic E-state index is 5.47. The van der Waals surface area contributed by atoms with Crippen molar-refractivity contribution in [3.8, 4) is 0 Å². The molecule has 1 aliphatic heterocycles. The molecule has 4 nitrogen and oxygen atoms in total. The predicted octanol–water partition coefficient (Wildman–Crippen LogP) is 0.313. The Hall–Kier alpha value is -1.00. The molecule has 0 amide bonds. The predicted molar refractivity (Wildman–Crippen MR) is 54.6 cm³/mol. The highest BCUT2D eigenvalue weighted by Crippen LogP contribution is 2.19. The molecule has 0 saturated heterocycles. The van der Waals surface area contributed by atoms with Crippen molar-refractivity contribution in [1.82, 2.24) is 14.9 Å². The Bertz CT molecular complexity index is 324. The minimum Gasteiger partial charge on any atom is -0.330 e. The third-order valence-corrected chi connectivity index (χ3v) is 2.59. The minimum atomic E-state index is 0.621. The van der Waals surface area contributed by atoms with Crippen LogP contribution in [0.2, 0.25) is 0 Å². The van der Waals surface area contributed by atoms with Crippen LogP contribution in [0.4, 0.5) is 0 Å². The van der Waals surface area contributed by atoms with Crippen molar-refractivity contribution in [3.63, 3.8) is 0 Å². The fraction of sp³-hybridized carbons (Fsp3) is 0.600. The van der Waals surface area contributed by atoms with Gasteiger partial charge in [-0.3, -0.25) is 4.90 Å². The van der Waals surface area contributed by atoms with E-state index >= 15 is 0 Å². The number of fused-ring (bicyclic) bond motifs is 1. The maximum absolute atomic E-state index is 5.47. The van der Waals surface area contributed by atoms with Crippen molar-refractivity contribution < 1.29 is 0 Å². The average Bonchev–Trinajstić information content (AvgIpc) is 2.60. The van der Waals surface area contributed by atoms with Crippen molar-refractivity contribution in [2.45, 2.75) is 26.4 Å². The van der Waals surface area contributed by atoms with Crippen LogP contribution in [0, 0.1) is 0 Å². The summed E-state index contributed by atoms with van der Waals surface area (Å²) in [6.07, 6.45) is 2.72. The van der Waals surface area contributed by atoms with Crippen LogP contribution in [0.25, 0.3) is 0 Å². The molecule has 4 heteroatoms. The highest BCUT2D eigenvalue weighted by atomic mass is 15.2. The van der Waals surface area contributed by atoms with Gasteiger partial charge in [-0.05, 0) is 13.1 Å². The number of hydrogen-bond donors (Lipinski definition) is 1. The molecule has 2 N–H and O–H groups in total. The first-order chi connectivity index (χ1) is 6.83. The van der Waals surface area contributed by atoms with Crippen LogP contribution < -0.4 is 5.73 Å². The van der Waals surface area contributed by atoms with Crippen LogP contribution in [0.1, 0.15) is 24.0 Å².